The van der Waals surface area contributed by atoms with Crippen molar-refractivity contribution in [2.45, 2.75) is 45.6 Å². The molecule has 3 aromatic carbocycles. The van der Waals surface area contributed by atoms with Crippen LogP contribution >= 0.6 is 0 Å². The Morgan fingerprint density at radius 1 is 0.941 bits per heavy atom. The van der Waals surface area contributed by atoms with Gasteiger partial charge in [-0.1, -0.05) is 86.1 Å². The van der Waals surface area contributed by atoms with Crippen molar-refractivity contribution >= 4 is 22.5 Å². The van der Waals surface area contributed by atoms with Gasteiger partial charge in [0.25, 0.3) is 0 Å². The second kappa shape index (κ2) is 10.6. The number of Topliss-reactive ketones (excluding diaryl/α,β-unsaturated/α-hetero) is 2. The largest absolute Gasteiger partial charge is 0.360 e. The Hall–Kier alpha value is -3.50. The molecule has 4 heteroatoms. The highest BCUT2D eigenvalue weighted by Gasteiger charge is 2.25. The van der Waals surface area contributed by atoms with Crippen molar-refractivity contribution in [3.8, 4) is 0 Å². The Morgan fingerprint density at radius 2 is 1.68 bits per heavy atom. The summed E-state index contributed by atoms with van der Waals surface area (Å²) < 4.78 is 0. The van der Waals surface area contributed by atoms with Gasteiger partial charge in [-0.25, -0.2) is 0 Å². The van der Waals surface area contributed by atoms with Gasteiger partial charge in [-0.15, -0.1) is 0 Å². The van der Waals surface area contributed by atoms with Crippen LogP contribution in [0.5, 0.6) is 0 Å². The second-order valence-corrected chi connectivity index (χ2v) is 9.06. The molecule has 0 aliphatic carbocycles. The minimum Gasteiger partial charge on any atom is -0.360 e. The highest BCUT2D eigenvalue weighted by Crippen LogP contribution is 2.27. The number of carbonyl (C=O) groups excluding carboxylic acids is 2. The van der Waals surface area contributed by atoms with E-state index < -0.39 is 6.04 Å². The van der Waals surface area contributed by atoms with E-state index >= 15 is 0 Å². The minimum atomic E-state index is -0.463. The maximum absolute atomic E-state index is 13.8. The van der Waals surface area contributed by atoms with Gasteiger partial charge < -0.3 is 10.3 Å². The lowest BCUT2D eigenvalue weighted by Crippen LogP contribution is -2.31. The van der Waals surface area contributed by atoms with Crippen molar-refractivity contribution in [1.29, 1.82) is 0 Å². The molecule has 0 radical (unpaired) electrons. The van der Waals surface area contributed by atoms with E-state index in [4.69, 9.17) is 0 Å². The number of fused-ring (bicyclic) bond motifs is 1. The van der Waals surface area contributed by atoms with Crippen molar-refractivity contribution < 1.29 is 9.59 Å². The summed E-state index contributed by atoms with van der Waals surface area (Å²) >= 11 is 0. The van der Waals surface area contributed by atoms with Gasteiger partial charge in [-0.3, -0.25) is 9.59 Å². The molecule has 0 spiro atoms. The molecule has 0 unspecified atom stereocenters. The van der Waals surface area contributed by atoms with E-state index in [9.17, 15) is 9.59 Å². The van der Waals surface area contributed by atoms with E-state index in [1.807, 2.05) is 55.5 Å². The number of H-pyrrole nitrogens is 1. The Balaban J connectivity index is 1.60. The predicted molar refractivity (Wildman–Crippen MR) is 139 cm³/mol. The lowest BCUT2D eigenvalue weighted by molar-refractivity contribution is 0.0942. The SMILES string of the molecule is CCCC(=O)c1ccc2c(C(=O)[C@@H](NC[C@@H](C)c3ccc(C)cc3)c3ccccc3)c[nH]c2c1. The first-order valence-electron chi connectivity index (χ1n) is 12.0. The zero-order valence-electron chi connectivity index (χ0n) is 20.1. The fourth-order valence-corrected chi connectivity index (χ4v) is 4.35. The molecule has 0 aliphatic heterocycles. The third-order valence-electron chi connectivity index (χ3n) is 6.42. The highest BCUT2D eigenvalue weighted by molar-refractivity contribution is 6.11. The number of nitrogens with one attached hydrogen (secondary N) is 2. The van der Waals surface area contributed by atoms with Gasteiger partial charge in [0.05, 0.1) is 6.04 Å². The smallest absolute Gasteiger partial charge is 0.186 e. The molecule has 0 aliphatic rings. The van der Waals surface area contributed by atoms with Gasteiger partial charge in [-0.2, -0.15) is 0 Å². The third-order valence-corrected chi connectivity index (χ3v) is 6.42. The van der Waals surface area contributed by atoms with Crippen LogP contribution in [0.3, 0.4) is 0 Å². The van der Waals surface area contributed by atoms with Crippen molar-refractivity contribution in [2.75, 3.05) is 6.54 Å². The summed E-state index contributed by atoms with van der Waals surface area (Å²) in [4.78, 5) is 29.3. The number of hydrogen-bond donors (Lipinski definition) is 2. The molecule has 0 saturated carbocycles. The molecule has 0 bridgehead atoms. The number of aromatic amines is 1. The molecular formula is C30H32N2O2. The summed E-state index contributed by atoms with van der Waals surface area (Å²) in [6, 6.07) is 23.5. The zero-order chi connectivity index (χ0) is 24.1. The molecule has 2 atom stereocenters. The van der Waals surface area contributed by atoms with Gasteiger partial charge in [0.15, 0.2) is 11.6 Å². The normalized spacial score (nSPS) is 13.0. The first-order chi connectivity index (χ1) is 16.5. The number of aryl methyl sites for hydroxylation is 1. The van der Waals surface area contributed by atoms with E-state index in [-0.39, 0.29) is 17.5 Å². The van der Waals surface area contributed by atoms with Gasteiger partial charge in [0.1, 0.15) is 0 Å². The van der Waals surface area contributed by atoms with Crippen molar-refractivity contribution in [3.63, 3.8) is 0 Å². The van der Waals surface area contributed by atoms with Gasteiger partial charge in [0.2, 0.25) is 0 Å². The van der Waals surface area contributed by atoms with Crippen molar-refractivity contribution in [1.82, 2.24) is 10.3 Å². The molecule has 1 aromatic heterocycles. The molecule has 4 aromatic rings. The van der Waals surface area contributed by atoms with Crippen LogP contribution in [0.1, 0.15) is 76.1 Å². The van der Waals surface area contributed by atoms with Gasteiger partial charge in [-0.05, 0) is 36.5 Å². The summed E-state index contributed by atoms with van der Waals surface area (Å²) in [6.07, 6.45) is 3.11. The first-order valence-corrected chi connectivity index (χ1v) is 12.0. The molecule has 4 rings (SSSR count). The minimum absolute atomic E-state index is 0.0150. The number of aromatic nitrogens is 1. The van der Waals surface area contributed by atoms with Crippen molar-refractivity contribution in [3.05, 3.63) is 107 Å². The van der Waals surface area contributed by atoms with Crippen molar-refractivity contribution in [2.24, 2.45) is 0 Å². The molecule has 34 heavy (non-hydrogen) atoms. The fraction of sp³-hybridized carbons (Fsp3) is 0.267. The third kappa shape index (κ3) is 5.18. The summed E-state index contributed by atoms with van der Waals surface area (Å²) in [5.41, 5.74) is 5.54. The summed E-state index contributed by atoms with van der Waals surface area (Å²) in [6.45, 7) is 6.93. The second-order valence-electron chi connectivity index (χ2n) is 9.06. The Morgan fingerprint density at radius 3 is 2.38 bits per heavy atom. The molecular weight excluding hydrogens is 420 g/mol. The average molecular weight is 453 g/mol. The van der Waals surface area contributed by atoms with Gasteiger partial charge in [0, 0.05) is 41.2 Å². The molecule has 0 amide bonds. The Bertz CT molecular complexity index is 1270. The number of carbonyl (C=O) groups is 2. The quantitative estimate of drug-likeness (QED) is 0.261. The Kier molecular flexibility index (Phi) is 7.39. The fourth-order valence-electron chi connectivity index (χ4n) is 4.35. The van der Waals surface area contributed by atoms with E-state index in [2.05, 4.69) is 48.4 Å². The van der Waals surface area contributed by atoms with Gasteiger partial charge >= 0.3 is 0 Å². The lowest BCUT2D eigenvalue weighted by atomic mass is 9.94. The van der Waals surface area contributed by atoms with E-state index in [0.717, 1.165) is 22.9 Å². The monoisotopic (exact) mass is 452 g/mol. The first kappa shape index (κ1) is 23.7. The molecule has 174 valence electrons. The van der Waals surface area contributed by atoms with Crippen LogP contribution in [0.15, 0.2) is 79.0 Å². The standard InChI is InChI=1S/C30H32N2O2/c1-4-8-28(33)24-15-16-25-26(19-31-27(25)17-24)30(34)29(23-9-6-5-7-10-23)32-18-21(3)22-13-11-20(2)12-14-22/h5-7,9-17,19,21,29,31-32H,4,8,18H2,1-3H3/t21-,29+/m1/s1. The number of benzene rings is 3. The molecule has 1 heterocycles. The van der Waals surface area contributed by atoms with Crippen LogP contribution in [-0.4, -0.2) is 23.1 Å². The average Bonchev–Trinajstić information content (AvgIpc) is 3.28. The molecule has 0 fully saturated rings. The molecule has 4 nitrogen and oxygen atoms in total. The maximum atomic E-state index is 13.8. The van der Waals surface area contributed by atoms with Crippen LogP contribution in [0.25, 0.3) is 10.9 Å². The highest BCUT2D eigenvalue weighted by atomic mass is 16.1. The molecule has 2 N–H and O–H groups in total. The zero-order valence-corrected chi connectivity index (χ0v) is 20.1. The Labute approximate surface area is 201 Å². The topological polar surface area (TPSA) is 62.0 Å². The maximum Gasteiger partial charge on any atom is 0.186 e. The summed E-state index contributed by atoms with van der Waals surface area (Å²) in [5.74, 6) is 0.400. The number of rotatable bonds is 10. The number of ketones is 2. The van der Waals surface area contributed by atoms with Crippen LogP contribution in [0.2, 0.25) is 0 Å². The lowest BCUT2D eigenvalue weighted by Gasteiger charge is -2.21. The predicted octanol–water partition coefficient (Wildman–Crippen LogP) is 6.78. The van der Waals surface area contributed by atoms with E-state index in [1.54, 1.807) is 6.20 Å². The van der Waals surface area contributed by atoms with Crippen LogP contribution < -0.4 is 5.32 Å². The van der Waals surface area contributed by atoms with E-state index in [1.165, 1.54) is 11.1 Å². The summed E-state index contributed by atoms with van der Waals surface area (Å²) in [7, 11) is 0. The number of hydrogen-bond acceptors (Lipinski definition) is 3. The van der Waals surface area contributed by atoms with E-state index in [0.29, 0.717) is 24.1 Å². The summed E-state index contributed by atoms with van der Waals surface area (Å²) in [5, 5.41) is 4.37. The molecule has 0 saturated heterocycles. The van der Waals surface area contributed by atoms with Crippen LogP contribution in [0.4, 0.5) is 0 Å². The van der Waals surface area contributed by atoms with Crippen LogP contribution in [-0.2, 0) is 0 Å². The van der Waals surface area contributed by atoms with Crippen LogP contribution in [0, 0.1) is 6.92 Å².